The molecule has 0 bridgehead atoms. The first kappa shape index (κ1) is 18.3. The van der Waals surface area contributed by atoms with Crippen LogP contribution in [0.5, 0.6) is 0 Å². The second-order valence-electron chi connectivity index (χ2n) is 5.85. The van der Waals surface area contributed by atoms with Crippen molar-refractivity contribution in [2.24, 2.45) is 0 Å². The molecular formula is C17H20BrN3O3S. The summed E-state index contributed by atoms with van der Waals surface area (Å²) in [5, 5.41) is 3.20. The van der Waals surface area contributed by atoms with Crippen molar-refractivity contribution in [1.82, 2.24) is 9.71 Å². The minimum atomic E-state index is -3.50. The molecule has 0 saturated carbocycles. The number of aromatic nitrogens is 1. The van der Waals surface area contributed by atoms with Crippen LogP contribution in [-0.4, -0.2) is 32.7 Å². The highest BCUT2D eigenvalue weighted by molar-refractivity contribution is 9.10. The molecule has 1 aromatic heterocycles. The molecule has 2 heterocycles. The van der Waals surface area contributed by atoms with Crippen LogP contribution >= 0.6 is 15.9 Å². The normalized spacial score (nSPS) is 17.6. The fraction of sp³-hybridized carbons (Fsp3) is 0.353. The first-order chi connectivity index (χ1) is 12.0. The Morgan fingerprint density at radius 2 is 2.00 bits per heavy atom. The number of anilines is 1. The van der Waals surface area contributed by atoms with Crippen molar-refractivity contribution in [3.05, 3.63) is 52.6 Å². The first-order valence-corrected chi connectivity index (χ1v) is 10.4. The molecule has 1 aliphatic rings. The van der Waals surface area contributed by atoms with Gasteiger partial charge in [0.2, 0.25) is 10.0 Å². The van der Waals surface area contributed by atoms with Gasteiger partial charge in [-0.2, -0.15) is 0 Å². The van der Waals surface area contributed by atoms with E-state index in [0.717, 1.165) is 28.7 Å². The van der Waals surface area contributed by atoms with Gasteiger partial charge in [0.25, 0.3) is 0 Å². The molecule has 2 N–H and O–H groups in total. The fourth-order valence-corrected chi connectivity index (χ4v) is 3.85. The van der Waals surface area contributed by atoms with Gasteiger partial charge in [-0.05, 0) is 58.6 Å². The van der Waals surface area contributed by atoms with Crippen LogP contribution in [0.4, 0.5) is 5.82 Å². The zero-order valence-corrected chi connectivity index (χ0v) is 16.0. The van der Waals surface area contributed by atoms with Gasteiger partial charge in [-0.1, -0.05) is 12.1 Å². The summed E-state index contributed by atoms with van der Waals surface area (Å²) in [6, 6.07) is 10.6. The van der Waals surface area contributed by atoms with Crippen LogP contribution in [0.3, 0.4) is 0 Å². The lowest BCUT2D eigenvalue weighted by atomic mass is 10.2. The molecule has 0 aliphatic carbocycles. The summed E-state index contributed by atoms with van der Waals surface area (Å²) < 4.78 is 33.6. The van der Waals surface area contributed by atoms with Crippen molar-refractivity contribution in [1.29, 1.82) is 0 Å². The van der Waals surface area contributed by atoms with Crippen molar-refractivity contribution >= 4 is 31.8 Å². The molecule has 1 saturated heterocycles. The van der Waals surface area contributed by atoms with Crippen LogP contribution in [-0.2, 0) is 21.3 Å². The molecule has 1 aromatic carbocycles. The maximum absolute atomic E-state index is 12.3. The molecule has 6 nitrogen and oxygen atoms in total. The monoisotopic (exact) mass is 425 g/mol. The Morgan fingerprint density at radius 3 is 2.64 bits per heavy atom. The predicted molar refractivity (Wildman–Crippen MR) is 99.9 cm³/mol. The molecule has 25 heavy (non-hydrogen) atoms. The number of nitrogens with one attached hydrogen (secondary N) is 2. The molecule has 1 unspecified atom stereocenters. The van der Waals surface area contributed by atoms with Gasteiger partial charge in [-0.15, -0.1) is 0 Å². The summed E-state index contributed by atoms with van der Waals surface area (Å²) in [5.74, 6) is 0.762. The number of halogens is 1. The van der Waals surface area contributed by atoms with E-state index in [1.54, 1.807) is 30.5 Å². The Balaban J connectivity index is 1.56. The molecule has 0 amide bonds. The minimum Gasteiger partial charge on any atom is -0.377 e. The van der Waals surface area contributed by atoms with Gasteiger partial charge in [-0.25, -0.2) is 18.1 Å². The van der Waals surface area contributed by atoms with E-state index >= 15 is 0 Å². The number of benzene rings is 1. The highest BCUT2D eigenvalue weighted by Gasteiger charge is 2.20. The van der Waals surface area contributed by atoms with Crippen LogP contribution < -0.4 is 10.0 Å². The summed E-state index contributed by atoms with van der Waals surface area (Å²) in [4.78, 5) is 4.50. The molecule has 134 valence electrons. The number of hydrogen-bond acceptors (Lipinski definition) is 5. The smallest absolute Gasteiger partial charge is 0.240 e. The van der Waals surface area contributed by atoms with E-state index in [0.29, 0.717) is 19.7 Å². The van der Waals surface area contributed by atoms with Gasteiger partial charge < -0.3 is 10.1 Å². The Labute approximate surface area is 156 Å². The average molecular weight is 426 g/mol. The van der Waals surface area contributed by atoms with E-state index in [2.05, 4.69) is 31.0 Å². The van der Waals surface area contributed by atoms with Crippen LogP contribution in [0.2, 0.25) is 0 Å². The van der Waals surface area contributed by atoms with Crippen LogP contribution in [0.25, 0.3) is 0 Å². The van der Waals surface area contributed by atoms with Crippen molar-refractivity contribution in [3.63, 3.8) is 0 Å². The van der Waals surface area contributed by atoms with Crippen molar-refractivity contribution < 1.29 is 13.2 Å². The standard InChI is InChI=1S/C17H20BrN3O3S/c18-14-5-8-17(20-11-14)19-10-13-3-6-16(7-4-13)25(22,23)21-12-15-2-1-9-24-15/h3-8,11,15,21H,1-2,9-10,12H2,(H,19,20). The Kier molecular flexibility index (Phi) is 6.06. The topological polar surface area (TPSA) is 80.3 Å². The van der Waals surface area contributed by atoms with Gasteiger partial charge in [0, 0.05) is 30.4 Å². The first-order valence-electron chi connectivity index (χ1n) is 8.08. The molecule has 2 aromatic rings. The Hall–Kier alpha value is -1.48. The van der Waals surface area contributed by atoms with Gasteiger partial charge in [0.15, 0.2) is 0 Å². The average Bonchev–Trinajstić information content (AvgIpc) is 3.14. The lowest BCUT2D eigenvalue weighted by Gasteiger charge is -2.12. The molecule has 1 fully saturated rings. The number of rotatable bonds is 7. The molecule has 1 atom stereocenters. The highest BCUT2D eigenvalue weighted by Crippen LogP contribution is 2.15. The molecule has 0 radical (unpaired) electrons. The number of ether oxygens (including phenoxy) is 1. The predicted octanol–water partition coefficient (Wildman–Crippen LogP) is 2.91. The fourth-order valence-electron chi connectivity index (χ4n) is 2.55. The van der Waals surface area contributed by atoms with Crippen LogP contribution in [0.1, 0.15) is 18.4 Å². The molecule has 3 rings (SSSR count). The van der Waals surface area contributed by atoms with Gasteiger partial charge in [0.1, 0.15) is 5.82 Å². The maximum atomic E-state index is 12.3. The third-order valence-corrected chi connectivity index (χ3v) is 5.87. The zero-order valence-electron chi connectivity index (χ0n) is 13.6. The van der Waals surface area contributed by atoms with Gasteiger partial charge >= 0.3 is 0 Å². The van der Waals surface area contributed by atoms with Crippen LogP contribution in [0.15, 0.2) is 52.0 Å². The SMILES string of the molecule is O=S(=O)(NCC1CCCO1)c1ccc(CNc2ccc(Br)cn2)cc1. The summed E-state index contributed by atoms with van der Waals surface area (Å²) in [5.41, 5.74) is 0.975. The number of nitrogens with zero attached hydrogens (tertiary/aromatic N) is 1. The maximum Gasteiger partial charge on any atom is 0.240 e. The zero-order chi connectivity index (χ0) is 17.7. The summed E-state index contributed by atoms with van der Waals surface area (Å²) in [7, 11) is -3.50. The van der Waals surface area contributed by atoms with Gasteiger partial charge in [0.05, 0.1) is 11.0 Å². The Morgan fingerprint density at radius 1 is 1.20 bits per heavy atom. The summed E-state index contributed by atoms with van der Waals surface area (Å²) in [6.45, 7) is 1.60. The summed E-state index contributed by atoms with van der Waals surface area (Å²) >= 11 is 3.34. The number of sulfonamides is 1. The number of hydrogen-bond donors (Lipinski definition) is 2. The third-order valence-electron chi connectivity index (χ3n) is 3.96. The molecule has 1 aliphatic heterocycles. The van der Waals surface area contributed by atoms with Crippen molar-refractivity contribution in [2.45, 2.75) is 30.4 Å². The third kappa shape index (κ3) is 5.24. The quantitative estimate of drug-likeness (QED) is 0.712. The van der Waals surface area contributed by atoms with E-state index in [-0.39, 0.29) is 11.0 Å². The second kappa shape index (κ2) is 8.27. The van der Waals surface area contributed by atoms with E-state index in [1.165, 1.54) is 0 Å². The van der Waals surface area contributed by atoms with Gasteiger partial charge in [-0.3, -0.25) is 0 Å². The highest BCUT2D eigenvalue weighted by atomic mass is 79.9. The molecule has 8 heteroatoms. The van der Waals surface area contributed by atoms with E-state index in [4.69, 9.17) is 4.74 Å². The van der Waals surface area contributed by atoms with E-state index in [1.807, 2.05) is 12.1 Å². The minimum absolute atomic E-state index is 0.0170. The van der Waals surface area contributed by atoms with Crippen molar-refractivity contribution in [2.75, 3.05) is 18.5 Å². The second-order valence-corrected chi connectivity index (χ2v) is 8.53. The largest absolute Gasteiger partial charge is 0.377 e. The summed E-state index contributed by atoms with van der Waals surface area (Å²) in [6.07, 6.45) is 3.59. The molecule has 0 spiro atoms. The van der Waals surface area contributed by atoms with Crippen LogP contribution in [0, 0.1) is 0 Å². The molecular weight excluding hydrogens is 406 g/mol. The number of pyridine rings is 1. The lowest BCUT2D eigenvalue weighted by Crippen LogP contribution is -2.31. The van der Waals surface area contributed by atoms with E-state index in [9.17, 15) is 8.42 Å². The Bertz CT molecular complexity index is 789. The van der Waals surface area contributed by atoms with Crippen molar-refractivity contribution in [3.8, 4) is 0 Å². The lowest BCUT2D eigenvalue weighted by molar-refractivity contribution is 0.114. The van der Waals surface area contributed by atoms with E-state index < -0.39 is 10.0 Å².